The lowest BCUT2D eigenvalue weighted by atomic mass is 10.1. The smallest absolute Gasteiger partial charge is 0.352 e. The third-order valence-corrected chi connectivity index (χ3v) is 4.32. The predicted molar refractivity (Wildman–Crippen MR) is 105 cm³/mol. The van der Waals surface area contributed by atoms with Crippen LogP contribution in [0.4, 0.5) is 13.2 Å². The lowest BCUT2D eigenvalue weighted by Crippen LogP contribution is -2.36. The highest BCUT2D eigenvalue weighted by Crippen LogP contribution is 2.29. The second-order valence-electron chi connectivity index (χ2n) is 5.06. The number of aryl methyl sites for hydroxylation is 1. The standard InChI is InChI=1S/C16H19F3N4S.HI/c1-3-14-23-13(10-24-14)9-22-15(20-2)21-8-11-5-4-6-12(7-11)16(17,18)19;/h4-7,10H,3,8-9H2,1-2H3,(H2,20,21,22);1H. The van der Waals surface area contributed by atoms with Crippen LogP contribution in [-0.4, -0.2) is 18.0 Å². The molecule has 2 aromatic rings. The summed E-state index contributed by atoms with van der Waals surface area (Å²) in [6.07, 6.45) is -3.44. The third kappa shape index (κ3) is 6.81. The highest BCUT2D eigenvalue weighted by atomic mass is 127. The summed E-state index contributed by atoms with van der Waals surface area (Å²) in [7, 11) is 1.61. The Balaban J connectivity index is 0.00000312. The van der Waals surface area contributed by atoms with E-state index in [0.29, 0.717) is 18.1 Å². The van der Waals surface area contributed by atoms with Gasteiger partial charge in [-0.25, -0.2) is 4.98 Å². The minimum Gasteiger partial charge on any atom is -0.352 e. The first-order valence-corrected chi connectivity index (χ1v) is 8.34. The van der Waals surface area contributed by atoms with E-state index in [1.807, 2.05) is 12.3 Å². The maximum atomic E-state index is 12.7. The molecule has 1 heterocycles. The van der Waals surface area contributed by atoms with Gasteiger partial charge in [-0.15, -0.1) is 35.3 Å². The van der Waals surface area contributed by atoms with Crippen molar-refractivity contribution in [2.45, 2.75) is 32.6 Å². The van der Waals surface area contributed by atoms with Crippen LogP contribution in [0.1, 0.15) is 28.8 Å². The first-order chi connectivity index (χ1) is 11.4. The van der Waals surface area contributed by atoms with E-state index >= 15 is 0 Å². The van der Waals surface area contributed by atoms with Gasteiger partial charge in [0.1, 0.15) is 0 Å². The number of aromatic nitrogens is 1. The summed E-state index contributed by atoms with van der Waals surface area (Å²) >= 11 is 1.60. The Bertz CT molecular complexity index is 701. The van der Waals surface area contributed by atoms with Crippen LogP contribution in [0.15, 0.2) is 34.6 Å². The van der Waals surface area contributed by atoms with Gasteiger partial charge < -0.3 is 10.6 Å². The van der Waals surface area contributed by atoms with Gasteiger partial charge in [0.15, 0.2) is 5.96 Å². The molecular formula is C16H20F3IN4S. The lowest BCUT2D eigenvalue weighted by molar-refractivity contribution is -0.137. The molecule has 9 heteroatoms. The molecule has 0 saturated heterocycles. The maximum Gasteiger partial charge on any atom is 0.416 e. The zero-order valence-electron chi connectivity index (χ0n) is 13.9. The van der Waals surface area contributed by atoms with Crippen molar-refractivity contribution in [3.05, 3.63) is 51.5 Å². The quantitative estimate of drug-likeness (QED) is 0.380. The molecule has 0 aliphatic rings. The van der Waals surface area contributed by atoms with E-state index in [1.165, 1.54) is 6.07 Å². The van der Waals surface area contributed by atoms with Gasteiger partial charge in [0.05, 0.1) is 22.8 Å². The average Bonchev–Trinajstić information content (AvgIpc) is 3.02. The van der Waals surface area contributed by atoms with Gasteiger partial charge in [0.2, 0.25) is 0 Å². The number of nitrogens with one attached hydrogen (secondary N) is 2. The summed E-state index contributed by atoms with van der Waals surface area (Å²) < 4.78 is 38.1. The number of thiazole rings is 1. The van der Waals surface area contributed by atoms with Crippen LogP contribution in [0.3, 0.4) is 0 Å². The van der Waals surface area contributed by atoms with Crippen molar-refractivity contribution < 1.29 is 13.2 Å². The molecule has 0 aliphatic heterocycles. The Morgan fingerprint density at radius 3 is 2.56 bits per heavy atom. The van der Waals surface area contributed by atoms with Gasteiger partial charge in [0.25, 0.3) is 0 Å². The molecule has 4 nitrogen and oxygen atoms in total. The monoisotopic (exact) mass is 484 g/mol. The summed E-state index contributed by atoms with van der Waals surface area (Å²) in [6, 6.07) is 5.24. The molecule has 0 unspecified atom stereocenters. The number of hydrogen-bond acceptors (Lipinski definition) is 3. The number of benzene rings is 1. The van der Waals surface area contributed by atoms with Crippen LogP contribution in [0, 0.1) is 0 Å². The fourth-order valence-corrected chi connectivity index (χ4v) is 2.78. The van der Waals surface area contributed by atoms with E-state index in [-0.39, 0.29) is 30.5 Å². The van der Waals surface area contributed by atoms with Crippen molar-refractivity contribution in [3.8, 4) is 0 Å². The summed E-state index contributed by atoms with van der Waals surface area (Å²) in [5.74, 6) is 0.512. The fraction of sp³-hybridized carbons (Fsp3) is 0.375. The number of hydrogen-bond donors (Lipinski definition) is 2. The van der Waals surface area contributed by atoms with E-state index < -0.39 is 11.7 Å². The van der Waals surface area contributed by atoms with Gasteiger partial charge in [-0.1, -0.05) is 19.1 Å². The van der Waals surface area contributed by atoms with Crippen molar-refractivity contribution in [1.82, 2.24) is 15.6 Å². The van der Waals surface area contributed by atoms with Gasteiger partial charge in [-0.3, -0.25) is 4.99 Å². The molecule has 2 N–H and O–H groups in total. The van der Waals surface area contributed by atoms with Crippen LogP contribution in [0.2, 0.25) is 0 Å². The van der Waals surface area contributed by atoms with Gasteiger partial charge in [-0.2, -0.15) is 13.2 Å². The number of rotatable bonds is 5. The zero-order chi connectivity index (χ0) is 17.6. The Morgan fingerprint density at radius 2 is 1.96 bits per heavy atom. The SMILES string of the molecule is CCc1nc(CNC(=NC)NCc2cccc(C(F)(F)F)c2)cs1.I. The van der Waals surface area contributed by atoms with E-state index in [4.69, 9.17) is 0 Å². The van der Waals surface area contributed by atoms with Crippen molar-refractivity contribution in [1.29, 1.82) is 0 Å². The van der Waals surface area contributed by atoms with Crippen molar-refractivity contribution >= 4 is 41.3 Å². The number of alkyl halides is 3. The normalized spacial score (nSPS) is 11.8. The second-order valence-corrected chi connectivity index (χ2v) is 6.01. The van der Waals surface area contributed by atoms with Crippen LogP contribution >= 0.6 is 35.3 Å². The number of nitrogens with zero attached hydrogens (tertiary/aromatic N) is 2. The zero-order valence-corrected chi connectivity index (χ0v) is 17.0. The topological polar surface area (TPSA) is 49.3 Å². The molecule has 1 aromatic heterocycles. The molecule has 138 valence electrons. The molecule has 0 atom stereocenters. The lowest BCUT2D eigenvalue weighted by Gasteiger charge is -2.12. The molecule has 1 aromatic carbocycles. The summed E-state index contributed by atoms with van der Waals surface area (Å²) in [4.78, 5) is 8.50. The molecular weight excluding hydrogens is 464 g/mol. The molecule has 0 amide bonds. The Hall–Kier alpha value is -1.36. The Morgan fingerprint density at radius 1 is 1.24 bits per heavy atom. The van der Waals surface area contributed by atoms with Crippen LogP contribution in [-0.2, 0) is 25.7 Å². The Labute approximate surface area is 166 Å². The molecule has 2 rings (SSSR count). The van der Waals surface area contributed by atoms with E-state index in [2.05, 4.69) is 20.6 Å². The fourth-order valence-electron chi connectivity index (χ4n) is 2.03. The Kier molecular flexibility index (Phi) is 8.63. The maximum absolute atomic E-state index is 12.7. The number of guanidine groups is 1. The van der Waals surface area contributed by atoms with E-state index in [1.54, 1.807) is 24.5 Å². The molecule has 25 heavy (non-hydrogen) atoms. The van der Waals surface area contributed by atoms with Crippen molar-refractivity contribution in [2.24, 2.45) is 4.99 Å². The molecule has 0 spiro atoms. The first-order valence-electron chi connectivity index (χ1n) is 7.46. The van der Waals surface area contributed by atoms with E-state index in [0.717, 1.165) is 29.3 Å². The van der Waals surface area contributed by atoms with Crippen LogP contribution in [0.25, 0.3) is 0 Å². The van der Waals surface area contributed by atoms with E-state index in [9.17, 15) is 13.2 Å². The van der Waals surface area contributed by atoms with Crippen molar-refractivity contribution in [2.75, 3.05) is 7.05 Å². The minimum atomic E-state index is -4.34. The summed E-state index contributed by atoms with van der Waals surface area (Å²) in [6.45, 7) is 2.81. The molecule has 0 radical (unpaired) electrons. The molecule has 0 aliphatic carbocycles. The van der Waals surface area contributed by atoms with Crippen LogP contribution < -0.4 is 10.6 Å². The van der Waals surface area contributed by atoms with Gasteiger partial charge in [-0.05, 0) is 24.1 Å². The molecule has 0 fully saturated rings. The van der Waals surface area contributed by atoms with Crippen molar-refractivity contribution in [3.63, 3.8) is 0 Å². The summed E-state index contributed by atoms with van der Waals surface area (Å²) in [5.41, 5.74) is 0.799. The number of aliphatic imine (C=N–C) groups is 1. The second kappa shape index (κ2) is 9.95. The predicted octanol–water partition coefficient (Wildman–Crippen LogP) is 4.21. The average molecular weight is 484 g/mol. The first kappa shape index (κ1) is 21.7. The number of halogens is 4. The van der Waals surface area contributed by atoms with Gasteiger partial charge >= 0.3 is 6.18 Å². The van der Waals surface area contributed by atoms with Gasteiger partial charge in [0, 0.05) is 19.0 Å². The third-order valence-electron chi connectivity index (χ3n) is 3.28. The molecule has 0 bridgehead atoms. The highest BCUT2D eigenvalue weighted by Gasteiger charge is 2.30. The largest absolute Gasteiger partial charge is 0.416 e. The van der Waals surface area contributed by atoms with Crippen LogP contribution in [0.5, 0.6) is 0 Å². The summed E-state index contributed by atoms with van der Waals surface area (Å²) in [5, 5.41) is 9.15. The minimum absolute atomic E-state index is 0. The highest BCUT2D eigenvalue weighted by molar-refractivity contribution is 14.0. The molecule has 0 saturated carbocycles.